The molecule has 8 heteroatoms. The van der Waals surface area contributed by atoms with Crippen molar-refractivity contribution >= 4 is 39.3 Å². The van der Waals surface area contributed by atoms with Crippen LogP contribution in [0, 0.1) is 35.5 Å². The number of aromatic nitrogens is 1. The molecule has 1 aromatic heterocycles. The Morgan fingerprint density at radius 3 is 2.47 bits per heavy atom. The van der Waals surface area contributed by atoms with Crippen molar-refractivity contribution in [2.75, 3.05) is 44.2 Å². The Kier molecular flexibility index (Phi) is 6.28. The lowest BCUT2D eigenvalue weighted by Gasteiger charge is -2.40. The number of hydrogen-bond donors (Lipinski definition) is 1. The van der Waals surface area contributed by atoms with Crippen LogP contribution in [0.15, 0.2) is 24.3 Å². The van der Waals surface area contributed by atoms with E-state index >= 15 is 0 Å². The van der Waals surface area contributed by atoms with Gasteiger partial charge < -0.3 is 10.0 Å². The second kappa shape index (κ2) is 9.56. The van der Waals surface area contributed by atoms with Crippen LogP contribution in [0.1, 0.15) is 51.9 Å². The summed E-state index contributed by atoms with van der Waals surface area (Å²) in [6, 6.07) is 8.50. The topological polar surface area (TPSA) is 77.0 Å². The van der Waals surface area contributed by atoms with Crippen molar-refractivity contribution in [3.8, 4) is 0 Å². The summed E-state index contributed by atoms with van der Waals surface area (Å²) in [5, 5.41) is 12.4. The average molecular weight is 537 g/mol. The van der Waals surface area contributed by atoms with Gasteiger partial charge in [-0.1, -0.05) is 31.9 Å². The van der Waals surface area contributed by atoms with Crippen molar-refractivity contribution in [2.45, 2.75) is 57.5 Å². The average Bonchev–Trinajstić information content (AvgIpc) is 3.68. The molecule has 7 nitrogen and oxygen atoms in total. The Bertz CT molecular complexity index is 1230. The Balaban J connectivity index is 0.991. The third kappa shape index (κ3) is 3.93. The Morgan fingerprint density at radius 2 is 1.71 bits per heavy atom. The molecule has 2 saturated heterocycles. The number of aliphatic hydroxyl groups is 1. The van der Waals surface area contributed by atoms with E-state index in [0.717, 1.165) is 51.4 Å². The molecular formula is C30H40N4O3S. The minimum Gasteiger partial charge on any atom is -0.390 e. The lowest BCUT2D eigenvalue weighted by atomic mass is 9.71. The van der Waals surface area contributed by atoms with E-state index < -0.39 is 5.60 Å². The highest BCUT2D eigenvalue weighted by molar-refractivity contribution is 7.13. The molecule has 7 rings (SSSR count). The lowest BCUT2D eigenvalue weighted by Crippen LogP contribution is -2.49. The third-order valence-electron chi connectivity index (χ3n) is 10.9. The zero-order valence-electron chi connectivity index (χ0n) is 22.4. The van der Waals surface area contributed by atoms with Crippen LogP contribution in [-0.4, -0.2) is 76.0 Å². The first kappa shape index (κ1) is 25.0. The maximum atomic E-state index is 13.6. The molecule has 1 aromatic carbocycles. The highest BCUT2D eigenvalue weighted by atomic mass is 32.1. The molecule has 2 aliphatic heterocycles. The zero-order valence-corrected chi connectivity index (χ0v) is 23.2. The van der Waals surface area contributed by atoms with E-state index in [-0.39, 0.29) is 35.5 Å². The largest absolute Gasteiger partial charge is 0.390 e. The summed E-state index contributed by atoms with van der Waals surface area (Å²) in [5.74, 6) is 1.84. The molecule has 5 aliphatic rings. The quantitative estimate of drug-likeness (QED) is 0.563. The van der Waals surface area contributed by atoms with E-state index in [0.29, 0.717) is 31.2 Å². The summed E-state index contributed by atoms with van der Waals surface area (Å²) in [7, 11) is 0. The van der Waals surface area contributed by atoms with Gasteiger partial charge in [-0.3, -0.25) is 19.4 Å². The Hall–Kier alpha value is -2.03. The van der Waals surface area contributed by atoms with Gasteiger partial charge in [0.05, 0.1) is 22.1 Å². The minimum absolute atomic E-state index is 0.0208. The molecule has 1 unspecified atom stereocenters. The van der Waals surface area contributed by atoms with Gasteiger partial charge >= 0.3 is 0 Å². The van der Waals surface area contributed by atoms with Crippen LogP contribution >= 0.6 is 11.5 Å². The number of nitrogens with zero attached hydrogens (tertiary/aromatic N) is 4. The Labute approximate surface area is 229 Å². The van der Waals surface area contributed by atoms with E-state index in [1.807, 2.05) is 6.92 Å². The molecule has 1 N–H and O–H groups in total. The highest BCUT2D eigenvalue weighted by Gasteiger charge is 2.67. The number of likely N-dealkylation sites (tertiary alicyclic amines) is 1. The molecule has 2 aromatic rings. The molecule has 0 spiro atoms. The molecule has 3 aliphatic carbocycles. The summed E-state index contributed by atoms with van der Waals surface area (Å²) < 4.78 is 6.01. The summed E-state index contributed by atoms with van der Waals surface area (Å²) >= 11 is 1.58. The second-order valence-corrected chi connectivity index (χ2v) is 13.5. The van der Waals surface area contributed by atoms with Crippen LogP contribution in [0.2, 0.25) is 0 Å². The number of fused-ring (bicyclic) bond motifs is 6. The molecule has 3 saturated carbocycles. The number of carbonyl (C=O) groups is 2. The first-order valence-corrected chi connectivity index (χ1v) is 15.6. The third-order valence-corrected chi connectivity index (χ3v) is 11.7. The van der Waals surface area contributed by atoms with Gasteiger partial charge in [0.25, 0.3) is 0 Å². The van der Waals surface area contributed by atoms with Gasteiger partial charge in [0, 0.05) is 50.6 Å². The van der Waals surface area contributed by atoms with Gasteiger partial charge in [-0.05, 0) is 73.5 Å². The molecule has 3 heterocycles. The van der Waals surface area contributed by atoms with Crippen molar-refractivity contribution in [1.82, 2.24) is 14.2 Å². The molecule has 2 amide bonds. The zero-order chi connectivity index (χ0) is 26.0. The number of rotatable bonds is 6. The van der Waals surface area contributed by atoms with Crippen LogP contribution in [0.5, 0.6) is 0 Å². The number of amides is 2. The van der Waals surface area contributed by atoms with Crippen LogP contribution in [0.25, 0.3) is 10.1 Å². The maximum absolute atomic E-state index is 13.6. The van der Waals surface area contributed by atoms with Gasteiger partial charge in [0.15, 0.2) is 0 Å². The monoisotopic (exact) mass is 536 g/mol. The molecule has 7 atom stereocenters. The molecule has 5 fully saturated rings. The normalized spacial score (nSPS) is 37.5. The molecular weight excluding hydrogens is 496 g/mol. The van der Waals surface area contributed by atoms with Crippen LogP contribution in [0.4, 0.5) is 5.82 Å². The van der Waals surface area contributed by atoms with Crippen molar-refractivity contribution in [2.24, 2.45) is 35.5 Å². The van der Waals surface area contributed by atoms with E-state index in [2.05, 4.69) is 34.1 Å². The summed E-state index contributed by atoms with van der Waals surface area (Å²) in [6.07, 6.45) is 6.94. The van der Waals surface area contributed by atoms with Crippen LogP contribution < -0.4 is 4.90 Å². The van der Waals surface area contributed by atoms with Crippen molar-refractivity contribution in [3.63, 3.8) is 0 Å². The fourth-order valence-corrected chi connectivity index (χ4v) is 9.64. The number of benzene rings is 1. The molecule has 0 radical (unpaired) electrons. The van der Waals surface area contributed by atoms with E-state index in [1.54, 1.807) is 16.4 Å². The van der Waals surface area contributed by atoms with E-state index in [9.17, 15) is 14.7 Å². The smallest absolute Gasteiger partial charge is 0.233 e. The predicted octanol–water partition coefficient (Wildman–Crippen LogP) is 4.01. The van der Waals surface area contributed by atoms with Crippen molar-refractivity contribution in [3.05, 3.63) is 24.3 Å². The van der Waals surface area contributed by atoms with Crippen LogP contribution in [0.3, 0.4) is 0 Å². The maximum Gasteiger partial charge on any atom is 0.233 e. The number of hydrogen-bond acceptors (Lipinski definition) is 7. The minimum atomic E-state index is -0.752. The van der Waals surface area contributed by atoms with Gasteiger partial charge in [-0.25, -0.2) is 0 Å². The van der Waals surface area contributed by atoms with Gasteiger partial charge in [-0.2, -0.15) is 4.37 Å². The Morgan fingerprint density at radius 1 is 1.00 bits per heavy atom. The van der Waals surface area contributed by atoms with Crippen LogP contribution in [-0.2, 0) is 9.59 Å². The summed E-state index contributed by atoms with van der Waals surface area (Å²) in [5.41, 5.74) is -0.752. The van der Waals surface area contributed by atoms with Crippen molar-refractivity contribution < 1.29 is 14.7 Å². The van der Waals surface area contributed by atoms with E-state index in [4.69, 9.17) is 4.37 Å². The second-order valence-electron chi connectivity index (χ2n) is 12.7. The standard InChI is InChI=1S/C30H40N4O3S/c1-2-30(37)16-21-15-23(30)26-25(21)28(35)34(29(26)36)18-20-8-4-3-7-19(20)17-32-11-13-33(14-12-32)27-22-9-5-6-10-24(22)38-31-27/h5-6,9-10,19-21,23,25-26,37H,2-4,7-8,11-18H2,1H3/t19-,20?,21+,23+,25+,26-,30+/m0/s1. The highest BCUT2D eigenvalue weighted by Crippen LogP contribution is 2.61. The predicted molar refractivity (Wildman–Crippen MR) is 149 cm³/mol. The van der Waals surface area contributed by atoms with E-state index in [1.165, 1.54) is 29.3 Å². The first-order chi connectivity index (χ1) is 18.5. The van der Waals surface area contributed by atoms with Gasteiger partial charge in [-0.15, -0.1) is 0 Å². The molecule has 38 heavy (non-hydrogen) atoms. The van der Waals surface area contributed by atoms with Gasteiger partial charge in [0.1, 0.15) is 5.82 Å². The van der Waals surface area contributed by atoms with Crippen molar-refractivity contribution in [1.29, 1.82) is 0 Å². The fraction of sp³-hybridized carbons (Fsp3) is 0.700. The molecule has 2 bridgehead atoms. The number of piperazine rings is 1. The fourth-order valence-electron chi connectivity index (χ4n) is 8.84. The summed E-state index contributed by atoms with van der Waals surface area (Å²) in [4.78, 5) is 33.7. The summed E-state index contributed by atoms with van der Waals surface area (Å²) in [6.45, 7) is 7.69. The number of anilines is 1. The number of carbonyl (C=O) groups excluding carboxylic acids is 2. The SMILES string of the molecule is CC[C@@]1(O)C[C@H]2C[C@@H]1[C@@H]1C(=O)N(CC3CCCC[C@H]3CN3CCN(c4nsc5ccccc45)CC3)C(=O)[C@H]21. The van der Waals surface area contributed by atoms with Gasteiger partial charge in [0.2, 0.25) is 11.8 Å². The number of imide groups is 1. The molecule has 204 valence electrons. The first-order valence-electron chi connectivity index (χ1n) is 14.9. The lowest BCUT2D eigenvalue weighted by molar-refractivity contribution is -0.142.